The molecule has 2 saturated heterocycles. The number of sulfone groups is 1. The first-order valence-corrected chi connectivity index (χ1v) is 9.37. The van der Waals surface area contributed by atoms with Crippen LogP contribution in [-0.4, -0.2) is 66.5 Å². The Labute approximate surface area is 131 Å². The summed E-state index contributed by atoms with van der Waals surface area (Å²) >= 11 is 0. The minimum Gasteiger partial charge on any atom is -0.334 e. The molecule has 2 atom stereocenters. The topological polar surface area (TPSA) is 66.4 Å². The molecule has 0 amide bonds. The van der Waals surface area contributed by atoms with Crippen LogP contribution in [0.2, 0.25) is 0 Å². The van der Waals surface area contributed by atoms with E-state index in [1.165, 1.54) is 0 Å². The fourth-order valence-corrected chi connectivity index (χ4v) is 5.20. The fraction of sp³-hybridized carbons (Fsp3) is 0.600. The van der Waals surface area contributed by atoms with Crippen molar-refractivity contribution in [3.8, 4) is 11.8 Å². The second-order valence-corrected chi connectivity index (χ2v) is 7.79. The summed E-state index contributed by atoms with van der Waals surface area (Å²) in [6.45, 7) is 4.16. The molecule has 0 aromatic carbocycles. The molecule has 7 heteroatoms. The summed E-state index contributed by atoms with van der Waals surface area (Å²) in [5.74, 6) is 7.19. The molecule has 2 unspecified atom stereocenters. The van der Waals surface area contributed by atoms with Crippen molar-refractivity contribution in [3.05, 3.63) is 18.5 Å². The first-order chi connectivity index (χ1) is 10.6. The van der Waals surface area contributed by atoms with Gasteiger partial charge < -0.3 is 4.90 Å². The monoisotopic (exact) mass is 320 g/mol. The molecule has 2 aliphatic rings. The zero-order chi connectivity index (χ0) is 15.6. The van der Waals surface area contributed by atoms with Gasteiger partial charge in [0.2, 0.25) is 5.95 Å². The van der Waals surface area contributed by atoms with Gasteiger partial charge in [-0.1, -0.05) is 12.8 Å². The molecule has 0 spiro atoms. The van der Waals surface area contributed by atoms with E-state index in [4.69, 9.17) is 0 Å². The van der Waals surface area contributed by atoms with E-state index in [0.29, 0.717) is 12.5 Å². The summed E-state index contributed by atoms with van der Waals surface area (Å²) in [6.07, 6.45) is 4.21. The van der Waals surface area contributed by atoms with Crippen molar-refractivity contribution in [2.24, 2.45) is 0 Å². The lowest BCUT2D eigenvalue weighted by Gasteiger charge is -2.43. The number of anilines is 1. The predicted octanol–water partition coefficient (Wildman–Crippen LogP) is 0.178. The maximum atomic E-state index is 12.1. The number of rotatable bonds is 2. The number of nitrogens with zero attached hydrogens (tertiary/aromatic N) is 4. The third kappa shape index (κ3) is 3.08. The van der Waals surface area contributed by atoms with Gasteiger partial charge in [0.15, 0.2) is 9.84 Å². The summed E-state index contributed by atoms with van der Waals surface area (Å²) in [5.41, 5.74) is 0. The minimum absolute atomic E-state index is 0.0197. The average Bonchev–Trinajstić information content (AvgIpc) is 2.84. The van der Waals surface area contributed by atoms with Crippen molar-refractivity contribution < 1.29 is 8.42 Å². The number of piperazine rings is 1. The highest BCUT2D eigenvalue weighted by atomic mass is 32.2. The zero-order valence-corrected chi connectivity index (χ0v) is 13.5. The highest BCUT2D eigenvalue weighted by Crippen LogP contribution is 2.28. The Morgan fingerprint density at radius 2 is 1.91 bits per heavy atom. The molecule has 2 aliphatic heterocycles. The maximum absolute atomic E-state index is 12.1. The molecule has 3 heterocycles. The van der Waals surface area contributed by atoms with E-state index in [-0.39, 0.29) is 23.6 Å². The quantitative estimate of drug-likeness (QED) is 0.724. The predicted molar refractivity (Wildman–Crippen MR) is 85.2 cm³/mol. The van der Waals surface area contributed by atoms with Crippen LogP contribution in [0, 0.1) is 11.8 Å². The Morgan fingerprint density at radius 3 is 2.64 bits per heavy atom. The lowest BCUT2D eigenvalue weighted by atomic mass is 10.1. The second-order valence-electron chi connectivity index (χ2n) is 5.63. The van der Waals surface area contributed by atoms with E-state index in [9.17, 15) is 8.42 Å². The molecular formula is C15H20N4O2S. The molecule has 0 saturated carbocycles. The number of aromatic nitrogens is 2. The Bertz CT molecular complexity index is 680. The summed E-state index contributed by atoms with van der Waals surface area (Å²) in [7, 11) is -3.02. The first kappa shape index (κ1) is 15.3. The van der Waals surface area contributed by atoms with E-state index in [1.807, 2.05) is 11.8 Å². The van der Waals surface area contributed by atoms with Crippen LogP contribution in [-0.2, 0) is 9.84 Å². The largest absolute Gasteiger partial charge is 0.334 e. The van der Waals surface area contributed by atoms with Gasteiger partial charge in [0.1, 0.15) is 0 Å². The van der Waals surface area contributed by atoms with E-state index in [2.05, 4.69) is 26.7 Å². The minimum atomic E-state index is -3.02. The van der Waals surface area contributed by atoms with Crippen molar-refractivity contribution in [2.45, 2.75) is 25.4 Å². The fourth-order valence-electron chi connectivity index (χ4n) is 3.19. The molecule has 0 radical (unpaired) electrons. The maximum Gasteiger partial charge on any atom is 0.225 e. The zero-order valence-electron chi connectivity index (χ0n) is 12.6. The Balaban J connectivity index is 1.84. The van der Waals surface area contributed by atoms with Gasteiger partial charge in [-0.25, -0.2) is 18.4 Å². The van der Waals surface area contributed by atoms with Gasteiger partial charge in [-0.3, -0.25) is 4.90 Å². The van der Waals surface area contributed by atoms with Gasteiger partial charge >= 0.3 is 0 Å². The normalized spacial score (nSPS) is 27.0. The number of hydrogen-bond acceptors (Lipinski definition) is 6. The van der Waals surface area contributed by atoms with Crippen molar-refractivity contribution in [3.63, 3.8) is 0 Å². The SMILES string of the molecule is CCC#CCN1CCN(c2ncccn2)C2CS(=O)(=O)CC21. The summed E-state index contributed by atoms with van der Waals surface area (Å²) in [4.78, 5) is 12.8. The van der Waals surface area contributed by atoms with Crippen molar-refractivity contribution >= 4 is 15.8 Å². The van der Waals surface area contributed by atoms with Crippen molar-refractivity contribution in [1.29, 1.82) is 0 Å². The molecule has 6 nitrogen and oxygen atoms in total. The average molecular weight is 320 g/mol. The van der Waals surface area contributed by atoms with Crippen LogP contribution in [0.4, 0.5) is 5.95 Å². The van der Waals surface area contributed by atoms with E-state index < -0.39 is 9.84 Å². The van der Waals surface area contributed by atoms with Crippen LogP contribution in [0.1, 0.15) is 13.3 Å². The molecule has 3 rings (SSSR count). The first-order valence-electron chi connectivity index (χ1n) is 7.54. The van der Waals surface area contributed by atoms with Gasteiger partial charge in [0.05, 0.1) is 24.1 Å². The van der Waals surface area contributed by atoms with E-state index in [0.717, 1.165) is 19.5 Å². The van der Waals surface area contributed by atoms with Crippen LogP contribution in [0.3, 0.4) is 0 Å². The van der Waals surface area contributed by atoms with Crippen molar-refractivity contribution in [1.82, 2.24) is 14.9 Å². The Hall–Kier alpha value is -1.65. The van der Waals surface area contributed by atoms with Crippen LogP contribution in [0.5, 0.6) is 0 Å². The molecule has 0 N–H and O–H groups in total. The van der Waals surface area contributed by atoms with E-state index >= 15 is 0 Å². The third-order valence-corrected chi connectivity index (χ3v) is 5.88. The molecule has 0 bridgehead atoms. The molecule has 1 aromatic heterocycles. The molecule has 118 valence electrons. The van der Waals surface area contributed by atoms with Gasteiger partial charge in [0.25, 0.3) is 0 Å². The van der Waals surface area contributed by atoms with Gasteiger partial charge in [-0.2, -0.15) is 0 Å². The highest BCUT2D eigenvalue weighted by molar-refractivity contribution is 7.91. The van der Waals surface area contributed by atoms with Crippen LogP contribution in [0.25, 0.3) is 0 Å². The Morgan fingerprint density at radius 1 is 1.18 bits per heavy atom. The smallest absolute Gasteiger partial charge is 0.225 e. The molecule has 2 fully saturated rings. The van der Waals surface area contributed by atoms with Crippen LogP contribution >= 0.6 is 0 Å². The standard InChI is InChI=1S/C15H20N4O2S/c1-2-3-4-8-18-9-10-19(15-16-6-5-7-17-15)14-12-22(20,21)11-13(14)18/h5-7,13-14H,2,8-12H2,1H3. The van der Waals surface area contributed by atoms with Gasteiger partial charge in [0, 0.05) is 37.9 Å². The Kier molecular flexibility index (Phi) is 4.32. The van der Waals surface area contributed by atoms with E-state index in [1.54, 1.807) is 18.5 Å². The molecule has 1 aromatic rings. The highest BCUT2D eigenvalue weighted by Gasteiger charge is 2.47. The van der Waals surface area contributed by atoms with Crippen LogP contribution in [0.15, 0.2) is 18.5 Å². The summed E-state index contributed by atoms with van der Waals surface area (Å²) < 4.78 is 24.2. The van der Waals surface area contributed by atoms with Gasteiger partial charge in [-0.05, 0) is 6.07 Å². The van der Waals surface area contributed by atoms with Gasteiger partial charge in [-0.15, -0.1) is 5.92 Å². The second kappa shape index (κ2) is 6.23. The number of hydrogen-bond donors (Lipinski definition) is 0. The molecular weight excluding hydrogens is 300 g/mol. The van der Waals surface area contributed by atoms with Crippen molar-refractivity contribution in [2.75, 3.05) is 36.0 Å². The third-order valence-electron chi connectivity index (χ3n) is 4.18. The summed E-state index contributed by atoms with van der Waals surface area (Å²) in [5, 5.41) is 0. The molecule has 22 heavy (non-hydrogen) atoms. The summed E-state index contributed by atoms with van der Waals surface area (Å²) in [6, 6.07) is 1.67. The van der Waals surface area contributed by atoms with Crippen LogP contribution < -0.4 is 4.90 Å². The molecule has 0 aliphatic carbocycles. The number of fused-ring (bicyclic) bond motifs is 1. The lowest BCUT2D eigenvalue weighted by Crippen LogP contribution is -2.59. The lowest BCUT2D eigenvalue weighted by molar-refractivity contribution is 0.188.